The maximum absolute atomic E-state index is 4.25. The Morgan fingerprint density at radius 3 is 2.86 bits per heavy atom. The van der Waals surface area contributed by atoms with Gasteiger partial charge in [0.15, 0.2) is 0 Å². The fraction of sp³-hybridized carbons (Fsp3) is 0.200. The van der Waals surface area contributed by atoms with Gasteiger partial charge in [0.25, 0.3) is 0 Å². The molecular weight excluding hydrogens is 242 g/mol. The minimum Gasteiger partial charge on any atom is -0.385 e. The van der Waals surface area contributed by atoms with Crippen molar-refractivity contribution in [3.8, 4) is 0 Å². The predicted molar refractivity (Wildman–Crippen MR) is 61.4 cm³/mol. The number of halogens is 1. The summed E-state index contributed by atoms with van der Waals surface area (Å²) in [5.41, 5.74) is 2.86. The van der Waals surface area contributed by atoms with E-state index in [1.807, 2.05) is 12.1 Å². The Labute approximate surface area is 90.7 Å². The van der Waals surface area contributed by atoms with Crippen LogP contribution in [0, 0.1) is 0 Å². The van der Waals surface area contributed by atoms with Gasteiger partial charge in [-0.1, -0.05) is 0 Å². The standard InChI is InChI=1S/C10H10BrN3/c1-2-12-7-5-8(11)10-9(6-7)13-3-4-14-10/h3-6,12H,2H2,1H3. The third-order valence-electron chi connectivity index (χ3n) is 1.91. The predicted octanol–water partition coefficient (Wildman–Crippen LogP) is 2.82. The van der Waals surface area contributed by atoms with E-state index in [-0.39, 0.29) is 0 Å². The van der Waals surface area contributed by atoms with E-state index in [9.17, 15) is 0 Å². The van der Waals surface area contributed by atoms with Crippen molar-refractivity contribution in [3.63, 3.8) is 0 Å². The number of nitrogens with one attached hydrogen (secondary N) is 1. The van der Waals surface area contributed by atoms with Crippen molar-refractivity contribution >= 4 is 32.7 Å². The molecule has 0 saturated heterocycles. The first-order chi connectivity index (χ1) is 6.81. The molecule has 0 bridgehead atoms. The lowest BCUT2D eigenvalue weighted by atomic mass is 10.2. The van der Waals surface area contributed by atoms with Crippen molar-refractivity contribution in [3.05, 3.63) is 29.0 Å². The average Bonchev–Trinajstić information content (AvgIpc) is 2.18. The lowest BCUT2D eigenvalue weighted by molar-refractivity contribution is 1.21. The summed E-state index contributed by atoms with van der Waals surface area (Å²) in [6, 6.07) is 4.01. The molecule has 14 heavy (non-hydrogen) atoms. The van der Waals surface area contributed by atoms with Gasteiger partial charge in [-0.2, -0.15) is 0 Å². The molecule has 0 fully saturated rings. The van der Waals surface area contributed by atoms with Crippen LogP contribution in [0.15, 0.2) is 29.0 Å². The highest BCUT2D eigenvalue weighted by molar-refractivity contribution is 9.10. The van der Waals surface area contributed by atoms with Crippen LogP contribution in [0.25, 0.3) is 11.0 Å². The van der Waals surface area contributed by atoms with Crippen LogP contribution in [0.5, 0.6) is 0 Å². The zero-order valence-electron chi connectivity index (χ0n) is 7.79. The summed E-state index contributed by atoms with van der Waals surface area (Å²) in [6.07, 6.45) is 3.39. The molecule has 1 N–H and O–H groups in total. The fourth-order valence-corrected chi connectivity index (χ4v) is 1.89. The molecule has 4 heteroatoms. The SMILES string of the molecule is CCNc1cc(Br)c2nccnc2c1. The van der Waals surface area contributed by atoms with E-state index < -0.39 is 0 Å². The first-order valence-electron chi connectivity index (χ1n) is 4.45. The smallest absolute Gasteiger partial charge is 0.103 e. The first kappa shape index (κ1) is 9.40. The Morgan fingerprint density at radius 2 is 2.07 bits per heavy atom. The van der Waals surface area contributed by atoms with Crippen molar-refractivity contribution in [2.75, 3.05) is 11.9 Å². The third-order valence-corrected chi connectivity index (χ3v) is 2.51. The molecule has 0 saturated carbocycles. The van der Waals surface area contributed by atoms with Crippen LogP contribution in [-0.2, 0) is 0 Å². The molecule has 0 aliphatic heterocycles. The summed E-state index contributed by atoms with van der Waals surface area (Å²) in [4.78, 5) is 8.50. The van der Waals surface area contributed by atoms with Crippen LogP contribution in [0.2, 0.25) is 0 Å². The van der Waals surface area contributed by atoms with Gasteiger partial charge in [-0.15, -0.1) is 0 Å². The number of rotatable bonds is 2. The lowest BCUT2D eigenvalue weighted by Gasteiger charge is -2.05. The molecular formula is C10H10BrN3. The number of anilines is 1. The molecule has 0 unspecified atom stereocenters. The highest BCUT2D eigenvalue weighted by atomic mass is 79.9. The van der Waals surface area contributed by atoms with Crippen LogP contribution in [0.4, 0.5) is 5.69 Å². The Morgan fingerprint density at radius 1 is 1.29 bits per heavy atom. The van der Waals surface area contributed by atoms with Gasteiger partial charge in [-0.3, -0.25) is 9.97 Å². The first-order valence-corrected chi connectivity index (χ1v) is 5.24. The van der Waals surface area contributed by atoms with E-state index in [0.717, 1.165) is 27.7 Å². The second kappa shape index (κ2) is 3.92. The normalized spacial score (nSPS) is 10.4. The van der Waals surface area contributed by atoms with Crippen LogP contribution in [-0.4, -0.2) is 16.5 Å². The number of hydrogen-bond acceptors (Lipinski definition) is 3. The highest BCUT2D eigenvalue weighted by Crippen LogP contribution is 2.24. The summed E-state index contributed by atoms with van der Waals surface area (Å²) in [7, 11) is 0. The van der Waals surface area contributed by atoms with Gasteiger partial charge in [0.05, 0.1) is 5.52 Å². The molecule has 3 nitrogen and oxygen atoms in total. The van der Waals surface area contributed by atoms with Gasteiger partial charge in [0, 0.05) is 29.1 Å². The molecule has 0 atom stereocenters. The minimum atomic E-state index is 0.897. The van der Waals surface area contributed by atoms with E-state index in [4.69, 9.17) is 0 Å². The molecule has 0 amide bonds. The highest BCUT2D eigenvalue weighted by Gasteiger charge is 2.02. The number of benzene rings is 1. The molecule has 1 aromatic carbocycles. The Kier molecular flexibility index (Phi) is 2.63. The molecule has 1 aromatic heterocycles. The number of nitrogens with zero attached hydrogens (tertiary/aromatic N) is 2. The average molecular weight is 252 g/mol. The van der Waals surface area contributed by atoms with Crippen LogP contribution in [0.1, 0.15) is 6.92 Å². The van der Waals surface area contributed by atoms with Crippen molar-refractivity contribution in [1.29, 1.82) is 0 Å². The minimum absolute atomic E-state index is 0.897. The lowest BCUT2D eigenvalue weighted by Crippen LogP contribution is -1.97. The Hall–Kier alpha value is -1.16. The summed E-state index contributed by atoms with van der Waals surface area (Å²) >= 11 is 3.48. The van der Waals surface area contributed by atoms with Gasteiger partial charge in [-0.25, -0.2) is 0 Å². The topological polar surface area (TPSA) is 37.8 Å². The molecule has 2 rings (SSSR count). The quantitative estimate of drug-likeness (QED) is 0.892. The molecule has 1 heterocycles. The van der Waals surface area contributed by atoms with Gasteiger partial charge >= 0.3 is 0 Å². The maximum atomic E-state index is 4.25. The summed E-state index contributed by atoms with van der Waals surface area (Å²) in [6.45, 7) is 2.97. The molecule has 0 aliphatic rings. The molecule has 0 aliphatic carbocycles. The van der Waals surface area contributed by atoms with Crippen molar-refractivity contribution in [2.24, 2.45) is 0 Å². The van der Waals surface area contributed by atoms with Gasteiger partial charge < -0.3 is 5.32 Å². The monoisotopic (exact) mass is 251 g/mol. The number of aromatic nitrogens is 2. The summed E-state index contributed by atoms with van der Waals surface area (Å²) in [5, 5.41) is 3.24. The molecule has 0 spiro atoms. The van der Waals surface area contributed by atoms with Crippen LogP contribution in [0.3, 0.4) is 0 Å². The Balaban J connectivity index is 2.60. The van der Waals surface area contributed by atoms with Crippen molar-refractivity contribution < 1.29 is 0 Å². The third kappa shape index (κ3) is 1.70. The van der Waals surface area contributed by atoms with E-state index in [0.29, 0.717) is 0 Å². The van der Waals surface area contributed by atoms with E-state index in [1.165, 1.54) is 0 Å². The Bertz CT molecular complexity index is 456. The van der Waals surface area contributed by atoms with E-state index in [1.54, 1.807) is 12.4 Å². The van der Waals surface area contributed by atoms with Gasteiger partial charge in [0.2, 0.25) is 0 Å². The van der Waals surface area contributed by atoms with E-state index in [2.05, 4.69) is 38.1 Å². The fourth-order valence-electron chi connectivity index (χ4n) is 1.34. The zero-order valence-corrected chi connectivity index (χ0v) is 9.37. The van der Waals surface area contributed by atoms with Crippen LogP contribution < -0.4 is 5.32 Å². The van der Waals surface area contributed by atoms with Gasteiger partial charge in [-0.05, 0) is 35.0 Å². The van der Waals surface area contributed by atoms with E-state index >= 15 is 0 Å². The van der Waals surface area contributed by atoms with Gasteiger partial charge in [0.1, 0.15) is 5.52 Å². The summed E-state index contributed by atoms with van der Waals surface area (Å²) < 4.78 is 0.971. The summed E-state index contributed by atoms with van der Waals surface area (Å²) in [5.74, 6) is 0. The van der Waals surface area contributed by atoms with Crippen LogP contribution >= 0.6 is 15.9 Å². The second-order valence-corrected chi connectivity index (χ2v) is 3.77. The molecule has 0 radical (unpaired) electrons. The number of fused-ring (bicyclic) bond motifs is 1. The van der Waals surface area contributed by atoms with Crippen molar-refractivity contribution in [1.82, 2.24) is 9.97 Å². The van der Waals surface area contributed by atoms with Crippen molar-refractivity contribution in [2.45, 2.75) is 6.92 Å². The number of hydrogen-bond donors (Lipinski definition) is 1. The molecule has 2 aromatic rings. The zero-order chi connectivity index (χ0) is 9.97. The molecule has 72 valence electrons. The maximum Gasteiger partial charge on any atom is 0.103 e. The second-order valence-electron chi connectivity index (χ2n) is 2.91. The largest absolute Gasteiger partial charge is 0.385 e.